The van der Waals surface area contributed by atoms with Crippen molar-refractivity contribution >= 4 is 46.1 Å². The van der Waals surface area contributed by atoms with Crippen LogP contribution in [0.5, 0.6) is 0 Å². The van der Waals surface area contributed by atoms with Gasteiger partial charge >= 0.3 is 29.2 Å². The Kier molecular flexibility index (Phi) is 8.27. The van der Waals surface area contributed by atoms with E-state index in [1.807, 2.05) is 4.98 Å². The minimum Gasteiger partial charge on any atom is -0.387 e. The van der Waals surface area contributed by atoms with Crippen molar-refractivity contribution in [1.29, 1.82) is 0 Å². The number of ether oxygens (including phenoxy) is 1. The van der Waals surface area contributed by atoms with Gasteiger partial charge in [0.15, 0.2) is 0 Å². The summed E-state index contributed by atoms with van der Waals surface area (Å²) in [6.07, 6.45) is -6.60. The summed E-state index contributed by atoms with van der Waals surface area (Å²) in [5, 5.41) is 20.3. The first-order valence-corrected chi connectivity index (χ1v) is 13.3. The molecule has 17 nitrogen and oxygen atoms in total. The van der Waals surface area contributed by atoms with Crippen LogP contribution in [0.3, 0.4) is 0 Å². The van der Waals surface area contributed by atoms with Crippen LogP contribution in [-0.4, -0.2) is 64.3 Å². The topological polar surface area (TPSA) is 264 Å². The molecule has 1 fully saturated rings. The van der Waals surface area contributed by atoms with E-state index in [1.165, 1.54) is 7.05 Å². The summed E-state index contributed by atoms with van der Waals surface area (Å²) in [5.74, 6) is 0. The van der Waals surface area contributed by atoms with Crippen LogP contribution in [0.2, 0.25) is 0 Å². The highest BCUT2D eigenvalue weighted by atomic mass is 127. The SMILES string of the molecule is Cn1c(I)c([C@@H]2O[C@H](COP(=O)(O)OP(=O)(O)OP(=O)(O)O)[C@@H](O)[C@H]2O)c(=O)[nH]c1=O. The van der Waals surface area contributed by atoms with E-state index in [2.05, 4.69) is 13.1 Å². The van der Waals surface area contributed by atoms with Crippen molar-refractivity contribution in [1.82, 2.24) is 9.55 Å². The average molecular weight is 624 g/mol. The lowest BCUT2D eigenvalue weighted by molar-refractivity contribution is -0.0231. The number of aromatic nitrogens is 2. The fourth-order valence-electron chi connectivity index (χ4n) is 2.45. The van der Waals surface area contributed by atoms with Gasteiger partial charge in [-0.05, 0) is 22.6 Å². The summed E-state index contributed by atoms with van der Waals surface area (Å²) in [5.41, 5.74) is -1.90. The maximum Gasteiger partial charge on any atom is 0.490 e. The fraction of sp³-hybridized carbons (Fsp3) is 0.600. The van der Waals surface area contributed by atoms with Gasteiger partial charge < -0.3 is 34.5 Å². The molecule has 0 aliphatic carbocycles. The van der Waals surface area contributed by atoms with Crippen molar-refractivity contribution in [2.75, 3.05) is 6.61 Å². The molecule has 1 aromatic heterocycles. The summed E-state index contributed by atoms with van der Waals surface area (Å²) < 4.78 is 51.5. The molecule has 1 saturated heterocycles. The molecule has 0 amide bonds. The molecule has 21 heteroatoms. The second kappa shape index (κ2) is 9.52. The van der Waals surface area contributed by atoms with Crippen LogP contribution >= 0.6 is 46.1 Å². The molecule has 1 aliphatic rings. The number of phosphoric acid groups is 3. The molecular weight excluding hydrogens is 608 g/mol. The normalized spacial score (nSPS) is 28.3. The van der Waals surface area contributed by atoms with Crippen molar-refractivity contribution in [2.24, 2.45) is 7.05 Å². The Morgan fingerprint density at radius 3 is 2.19 bits per heavy atom. The van der Waals surface area contributed by atoms with Crippen molar-refractivity contribution in [3.8, 4) is 0 Å². The zero-order valence-corrected chi connectivity index (χ0v) is 19.9. The van der Waals surface area contributed by atoms with E-state index < -0.39 is 65.7 Å². The minimum atomic E-state index is -5.74. The highest BCUT2D eigenvalue weighted by Gasteiger charge is 2.47. The number of aliphatic hydroxyl groups excluding tert-OH is 2. The van der Waals surface area contributed by atoms with Gasteiger partial charge in [0.2, 0.25) is 0 Å². The highest BCUT2D eigenvalue weighted by Crippen LogP contribution is 2.66. The monoisotopic (exact) mass is 624 g/mol. The van der Waals surface area contributed by atoms with Crippen LogP contribution in [0.1, 0.15) is 11.7 Å². The van der Waals surface area contributed by atoms with E-state index in [4.69, 9.17) is 19.4 Å². The number of nitrogens with one attached hydrogen (secondary N) is 1. The summed E-state index contributed by atoms with van der Waals surface area (Å²) in [4.78, 5) is 61.2. The second-order valence-corrected chi connectivity index (χ2v) is 11.4. The Hall–Kier alpha value is -0.300. The number of hydrogen-bond acceptors (Lipinski definition) is 11. The van der Waals surface area contributed by atoms with Crippen LogP contribution in [0.25, 0.3) is 0 Å². The van der Waals surface area contributed by atoms with Crippen LogP contribution in [-0.2, 0) is 38.6 Å². The first-order chi connectivity index (χ1) is 13.9. The Morgan fingerprint density at radius 1 is 1.06 bits per heavy atom. The minimum absolute atomic E-state index is 0.0659. The number of rotatable bonds is 8. The maximum atomic E-state index is 12.1. The predicted molar refractivity (Wildman–Crippen MR) is 104 cm³/mol. The summed E-state index contributed by atoms with van der Waals surface area (Å²) in [6.45, 7) is -1.04. The molecule has 0 saturated carbocycles. The first kappa shape index (κ1) is 26.9. The van der Waals surface area contributed by atoms with Crippen LogP contribution in [0, 0.1) is 3.70 Å². The van der Waals surface area contributed by atoms with E-state index in [0.717, 1.165) is 4.57 Å². The third kappa shape index (κ3) is 6.84. The van der Waals surface area contributed by atoms with Gasteiger partial charge in [-0.2, -0.15) is 8.62 Å². The van der Waals surface area contributed by atoms with Gasteiger partial charge in [-0.3, -0.25) is 18.9 Å². The fourth-order valence-corrected chi connectivity index (χ4v) is 6.26. The van der Waals surface area contributed by atoms with Gasteiger partial charge in [0.1, 0.15) is 24.4 Å². The molecule has 1 aliphatic heterocycles. The van der Waals surface area contributed by atoms with E-state index in [-0.39, 0.29) is 9.26 Å². The zero-order valence-electron chi connectivity index (χ0n) is 15.0. The Balaban J connectivity index is 2.15. The summed E-state index contributed by atoms with van der Waals surface area (Å²) >= 11 is 1.63. The van der Waals surface area contributed by atoms with Crippen molar-refractivity contribution < 1.29 is 61.4 Å². The van der Waals surface area contributed by atoms with Crippen molar-refractivity contribution in [3.05, 3.63) is 30.1 Å². The van der Waals surface area contributed by atoms with E-state index >= 15 is 0 Å². The van der Waals surface area contributed by atoms with Gasteiger partial charge in [-0.15, -0.1) is 0 Å². The number of hydrogen-bond donors (Lipinski definition) is 7. The van der Waals surface area contributed by atoms with Crippen LogP contribution < -0.4 is 11.2 Å². The molecule has 0 radical (unpaired) electrons. The molecule has 6 atom stereocenters. The number of aromatic amines is 1. The molecule has 2 rings (SSSR count). The molecule has 31 heavy (non-hydrogen) atoms. The molecule has 178 valence electrons. The maximum absolute atomic E-state index is 12.1. The van der Waals surface area contributed by atoms with Crippen molar-refractivity contribution in [2.45, 2.75) is 24.4 Å². The van der Waals surface area contributed by atoms with E-state index in [9.17, 15) is 38.4 Å². The van der Waals surface area contributed by atoms with Crippen molar-refractivity contribution in [3.63, 3.8) is 0 Å². The number of aliphatic hydroxyl groups is 2. The third-order valence-corrected chi connectivity index (χ3v) is 8.86. The first-order valence-electron chi connectivity index (χ1n) is 7.73. The Morgan fingerprint density at radius 2 is 1.65 bits per heavy atom. The quantitative estimate of drug-likeness (QED) is 0.0954. The molecule has 7 N–H and O–H groups in total. The standard InChI is InChI=1S/C10H16IN2O15P3/c1-13-8(11)4(9(16)12-10(13)17)7-6(15)5(14)3(26-7)2-25-30(21,22)28-31(23,24)27-29(18,19)20/h3,5-7,14-15H,2H2,1H3,(H,21,22)(H,23,24)(H,12,16,17)(H2,18,19,20)/t3-,5-,6-,7+/m1/s1. The van der Waals surface area contributed by atoms with Gasteiger partial charge in [0.05, 0.1) is 15.9 Å². The number of halogens is 1. The lowest BCUT2D eigenvalue weighted by atomic mass is 10.0. The summed E-state index contributed by atoms with van der Waals surface area (Å²) in [6, 6.07) is 0. The van der Waals surface area contributed by atoms with Crippen LogP contribution in [0.4, 0.5) is 0 Å². The summed E-state index contributed by atoms with van der Waals surface area (Å²) in [7, 11) is -15.5. The molecule has 0 aromatic carbocycles. The third-order valence-electron chi connectivity index (χ3n) is 3.75. The van der Waals surface area contributed by atoms with Gasteiger partial charge in [0, 0.05) is 7.05 Å². The Bertz CT molecular complexity index is 1100. The van der Waals surface area contributed by atoms with Gasteiger partial charge in [0.25, 0.3) is 5.56 Å². The van der Waals surface area contributed by atoms with Gasteiger partial charge in [-0.1, -0.05) is 0 Å². The average Bonchev–Trinajstić information content (AvgIpc) is 2.83. The molecule has 1 aromatic rings. The molecular formula is C10H16IN2O15P3. The van der Waals surface area contributed by atoms with Gasteiger partial charge in [-0.25, -0.2) is 18.5 Å². The molecule has 2 unspecified atom stereocenters. The largest absolute Gasteiger partial charge is 0.490 e. The predicted octanol–water partition coefficient (Wildman–Crippen LogP) is -1.82. The lowest BCUT2D eigenvalue weighted by Gasteiger charge is -2.19. The number of nitrogens with zero attached hydrogens (tertiary/aromatic N) is 1. The number of H-pyrrole nitrogens is 1. The van der Waals surface area contributed by atoms with Crippen LogP contribution in [0.15, 0.2) is 9.59 Å². The highest BCUT2D eigenvalue weighted by molar-refractivity contribution is 14.1. The Labute approximate surface area is 185 Å². The zero-order chi connectivity index (χ0) is 23.9. The molecule has 0 bridgehead atoms. The smallest absolute Gasteiger partial charge is 0.387 e. The van der Waals surface area contributed by atoms with E-state index in [1.54, 1.807) is 22.6 Å². The molecule has 0 spiro atoms. The number of phosphoric ester groups is 1. The lowest BCUT2D eigenvalue weighted by Crippen LogP contribution is -2.37. The second-order valence-electron chi connectivity index (χ2n) is 5.99. The molecule has 2 heterocycles. The van der Waals surface area contributed by atoms with E-state index in [0.29, 0.717) is 0 Å².